The van der Waals surface area contributed by atoms with Crippen LogP contribution in [0.1, 0.15) is 6.42 Å². The Morgan fingerprint density at radius 3 is 2.61 bits per heavy atom. The molecule has 0 atom stereocenters. The molecule has 0 saturated carbocycles. The number of halogens is 1. The molecular weight excluding hydrogens is 359 g/mol. The quantitative estimate of drug-likeness (QED) is 0.182. The fourth-order valence-corrected chi connectivity index (χ4v) is 1.36. The normalized spacial score (nSPS) is 9.67. The van der Waals surface area contributed by atoms with E-state index in [1.165, 1.54) is 4.90 Å². The number of alkyl halides is 1. The predicted octanol–water partition coefficient (Wildman–Crippen LogP) is -0.983. The van der Waals surface area contributed by atoms with E-state index in [2.05, 4.69) is 9.57 Å². The summed E-state index contributed by atoms with van der Waals surface area (Å²) in [5.41, 5.74) is 1.97. The summed E-state index contributed by atoms with van der Waals surface area (Å²) in [7, 11) is 0. The third kappa shape index (κ3) is 8.87. The summed E-state index contributed by atoms with van der Waals surface area (Å²) in [5, 5.41) is 0. The number of carbonyl (C=O) groups is 4. The number of carbonyl (C=O) groups excluding carboxylic acids is 4. The first-order valence-electron chi connectivity index (χ1n) is 4.89. The third-order valence-electron chi connectivity index (χ3n) is 1.61. The van der Waals surface area contributed by atoms with Crippen molar-refractivity contribution in [3.05, 3.63) is 0 Å². The SMILES string of the molecule is O=CCN(COC=O)CC(=O)ONC(=O)CCI. The molecule has 0 spiro atoms. The lowest BCUT2D eigenvalue weighted by molar-refractivity contribution is -0.160. The molecule has 0 aliphatic rings. The molecule has 0 aliphatic heterocycles. The maximum absolute atomic E-state index is 11.3. The van der Waals surface area contributed by atoms with Gasteiger partial charge >= 0.3 is 5.97 Å². The molecule has 0 aromatic heterocycles. The van der Waals surface area contributed by atoms with Gasteiger partial charge in [-0.05, 0) is 0 Å². The van der Waals surface area contributed by atoms with Crippen molar-refractivity contribution in [3.63, 3.8) is 0 Å². The molecule has 0 rings (SSSR count). The number of nitrogens with one attached hydrogen (secondary N) is 1. The van der Waals surface area contributed by atoms with Crippen LogP contribution < -0.4 is 5.48 Å². The number of amides is 1. The number of hydroxylamine groups is 1. The van der Waals surface area contributed by atoms with E-state index in [0.717, 1.165) is 0 Å². The van der Waals surface area contributed by atoms with Crippen LogP contribution in [0.4, 0.5) is 0 Å². The first-order valence-corrected chi connectivity index (χ1v) is 6.42. The van der Waals surface area contributed by atoms with Gasteiger partial charge in [-0.15, -0.1) is 0 Å². The Balaban J connectivity index is 3.96. The highest BCUT2D eigenvalue weighted by Gasteiger charge is 2.13. The molecule has 0 bridgehead atoms. The van der Waals surface area contributed by atoms with Gasteiger partial charge in [0.2, 0.25) is 0 Å². The molecule has 0 aliphatic carbocycles. The van der Waals surface area contributed by atoms with Gasteiger partial charge in [-0.1, -0.05) is 22.6 Å². The van der Waals surface area contributed by atoms with Gasteiger partial charge in [0.05, 0.1) is 6.54 Å². The Kier molecular flexibility index (Phi) is 10.2. The molecule has 0 saturated heterocycles. The largest absolute Gasteiger partial charge is 0.452 e. The van der Waals surface area contributed by atoms with Crippen LogP contribution in [0, 0.1) is 0 Å². The molecule has 0 fully saturated rings. The number of nitrogens with zero attached hydrogens (tertiary/aromatic N) is 1. The summed E-state index contributed by atoms with van der Waals surface area (Å²) in [6.45, 7) is -0.383. The van der Waals surface area contributed by atoms with Crippen LogP contribution in [0.3, 0.4) is 0 Å². The zero-order chi connectivity index (χ0) is 13.8. The number of aldehydes is 1. The Morgan fingerprint density at radius 1 is 1.33 bits per heavy atom. The predicted molar refractivity (Wildman–Crippen MR) is 67.4 cm³/mol. The Bertz CT molecular complexity index is 299. The number of ether oxygens (including phenoxy) is 1. The van der Waals surface area contributed by atoms with Crippen LogP contribution >= 0.6 is 22.6 Å². The molecule has 0 radical (unpaired) electrons. The molecular formula is C9H13IN2O6. The summed E-state index contributed by atoms with van der Waals surface area (Å²) in [6, 6.07) is 0. The highest BCUT2D eigenvalue weighted by Crippen LogP contribution is 1.90. The molecule has 9 heteroatoms. The molecule has 0 aromatic rings. The monoisotopic (exact) mass is 372 g/mol. The van der Waals surface area contributed by atoms with Crippen molar-refractivity contribution in [3.8, 4) is 0 Å². The van der Waals surface area contributed by atoms with Gasteiger partial charge in [0.15, 0.2) is 0 Å². The first kappa shape index (κ1) is 16.8. The van der Waals surface area contributed by atoms with E-state index in [1.807, 2.05) is 28.1 Å². The molecule has 1 amide bonds. The maximum Gasteiger partial charge on any atom is 0.346 e. The Labute approximate surface area is 117 Å². The van der Waals surface area contributed by atoms with Gasteiger partial charge in [0.25, 0.3) is 12.4 Å². The molecule has 102 valence electrons. The average Bonchev–Trinajstić information content (AvgIpc) is 2.34. The summed E-state index contributed by atoms with van der Waals surface area (Å²) in [6.07, 6.45) is 0.788. The molecule has 8 nitrogen and oxygen atoms in total. The third-order valence-corrected chi connectivity index (χ3v) is 2.15. The van der Waals surface area contributed by atoms with Crippen LogP contribution in [0.15, 0.2) is 0 Å². The lowest BCUT2D eigenvalue weighted by Gasteiger charge is -2.16. The van der Waals surface area contributed by atoms with E-state index in [1.54, 1.807) is 0 Å². The molecule has 1 N–H and O–H groups in total. The smallest absolute Gasteiger partial charge is 0.346 e. The van der Waals surface area contributed by atoms with Crippen LogP contribution in [0.2, 0.25) is 0 Å². The lowest BCUT2D eigenvalue weighted by Crippen LogP contribution is -2.37. The van der Waals surface area contributed by atoms with E-state index in [-0.39, 0.29) is 32.7 Å². The lowest BCUT2D eigenvalue weighted by atomic mass is 10.5. The minimum absolute atomic E-state index is 0.0926. The number of hydrogen-bond donors (Lipinski definition) is 1. The summed E-state index contributed by atoms with van der Waals surface area (Å²) >= 11 is 2.01. The zero-order valence-corrected chi connectivity index (χ0v) is 11.6. The number of rotatable bonds is 9. The van der Waals surface area contributed by atoms with Crippen molar-refractivity contribution in [2.45, 2.75) is 6.42 Å². The number of hydrogen-bond acceptors (Lipinski definition) is 7. The van der Waals surface area contributed by atoms with Crippen LogP contribution in [-0.4, -0.2) is 53.8 Å². The topological polar surface area (TPSA) is 102 Å². The summed E-state index contributed by atoms with van der Waals surface area (Å²) < 4.78 is 5.01. The Hall–Kier alpha value is -1.23. The van der Waals surface area contributed by atoms with Gasteiger partial charge in [-0.3, -0.25) is 14.5 Å². The van der Waals surface area contributed by atoms with Crippen molar-refractivity contribution in [2.75, 3.05) is 24.2 Å². The van der Waals surface area contributed by atoms with Gasteiger partial charge in [0.1, 0.15) is 19.6 Å². The van der Waals surface area contributed by atoms with Crippen molar-refractivity contribution < 1.29 is 28.8 Å². The van der Waals surface area contributed by atoms with Gasteiger partial charge < -0.3 is 14.4 Å². The second-order valence-electron chi connectivity index (χ2n) is 3.01. The van der Waals surface area contributed by atoms with Gasteiger partial charge in [-0.2, -0.15) is 5.48 Å². The minimum atomic E-state index is -0.756. The van der Waals surface area contributed by atoms with Crippen molar-refractivity contribution in [1.82, 2.24) is 10.4 Å². The second-order valence-corrected chi connectivity index (χ2v) is 4.09. The van der Waals surface area contributed by atoms with Gasteiger partial charge in [-0.25, -0.2) is 4.79 Å². The van der Waals surface area contributed by atoms with Crippen molar-refractivity contribution in [1.29, 1.82) is 0 Å². The highest BCUT2D eigenvalue weighted by atomic mass is 127. The van der Waals surface area contributed by atoms with Crippen LogP contribution in [-0.2, 0) is 28.8 Å². The molecule has 0 aromatic carbocycles. The summed E-state index contributed by atoms with van der Waals surface area (Å²) in [4.78, 5) is 48.2. The summed E-state index contributed by atoms with van der Waals surface area (Å²) in [5.74, 6) is -1.17. The van der Waals surface area contributed by atoms with E-state index < -0.39 is 11.9 Å². The fraction of sp³-hybridized carbons (Fsp3) is 0.556. The minimum Gasteiger partial charge on any atom is -0.452 e. The van der Waals surface area contributed by atoms with Gasteiger partial charge in [0, 0.05) is 10.8 Å². The van der Waals surface area contributed by atoms with Crippen molar-refractivity contribution >= 4 is 47.2 Å². The van der Waals surface area contributed by atoms with E-state index in [9.17, 15) is 19.2 Å². The second kappa shape index (κ2) is 10.9. The highest BCUT2D eigenvalue weighted by molar-refractivity contribution is 14.1. The zero-order valence-electron chi connectivity index (χ0n) is 9.46. The molecule has 18 heavy (non-hydrogen) atoms. The van der Waals surface area contributed by atoms with E-state index >= 15 is 0 Å². The Morgan fingerprint density at radius 2 is 2.06 bits per heavy atom. The molecule has 0 unspecified atom stereocenters. The fourth-order valence-electron chi connectivity index (χ4n) is 0.870. The van der Waals surface area contributed by atoms with Crippen LogP contribution in [0.5, 0.6) is 0 Å². The first-order chi connectivity index (χ1) is 8.63. The van der Waals surface area contributed by atoms with E-state index in [4.69, 9.17) is 0 Å². The average molecular weight is 372 g/mol. The van der Waals surface area contributed by atoms with E-state index in [0.29, 0.717) is 10.7 Å². The molecule has 0 heterocycles. The maximum atomic E-state index is 11.3. The van der Waals surface area contributed by atoms with Crippen LogP contribution in [0.25, 0.3) is 0 Å². The van der Waals surface area contributed by atoms with Crippen molar-refractivity contribution in [2.24, 2.45) is 0 Å². The standard InChI is InChI=1S/C9H13IN2O6/c10-2-1-8(15)11-18-9(16)5-12(3-4-13)6-17-7-14/h4,7H,1-3,5-6H2,(H,11,15).